The minimum atomic E-state index is -0.903. The summed E-state index contributed by atoms with van der Waals surface area (Å²) in [5.74, 6) is -0.903. The highest BCUT2D eigenvalue weighted by Crippen LogP contribution is 2.02. The van der Waals surface area contributed by atoms with Crippen LogP contribution in [0.2, 0.25) is 0 Å². The van der Waals surface area contributed by atoms with Crippen LogP contribution in [-0.4, -0.2) is 28.4 Å². The van der Waals surface area contributed by atoms with E-state index in [1.54, 1.807) is 22.9 Å². The van der Waals surface area contributed by atoms with E-state index in [1.807, 2.05) is 13.8 Å². The number of aromatic carboxylic acids is 1. The van der Waals surface area contributed by atoms with Gasteiger partial charge in [0, 0.05) is 12.7 Å². The normalized spacial score (nSPS) is 10.8. The van der Waals surface area contributed by atoms with E-state index >= 15 is 0 Å². The Morgan fingerprint density at radius 3 is 2.93 bits per heavy atom. The predicted molar refractivity (Wildman–Crippen MR) is 52.5 cm³/mol. The molecule has 0 aliphatic carbocycles. The first-order valence-corrected chi connectivity index (χ1v) is 4.61. The lowest BCUT2D eigenvalue weighted by molar-refractivity contribution is 0.0650. The van der Waals surface area contributed by atoms with Crippen molar-refractivity contribution in [3.8, 4) is 0 Å². The molecule has 0 atom stereocenters. The van der Waals surface area contributed by atoms with Gasteiger partial charge >= 0.3 is 5.97 Å². The molecule has 1 N–H and O–H groups in total. The fraction of sp³-hybridized carbons (Fsp3) is 0.500. The van der Waals surface area contributed by atoms with Crippen LogP contribution in [0.4, 0.5) is 0 Å². The van der Waals surface area contributed by atoms with Gasteiger partial charge in [-0.1, -0.05) is 0 Å². The zero-order valence-electron chi connectivity index (χ0n) is 8.43. The molecular weight excluding hydrogens is 182 g/mol. The van der Waals surface area contributed by atoms with Gasteiger partial charge in [-0.15, -0.1) is 0 Å². The summed E-state index contributed by atoms with van der Waals surface area (Å²) in [6, 6.07) is 3.30. The van der Waals surface area contributed by atoms with Gasteiger partial charge in [-0.25, -0.2) is 4.79 Å². The summed E-state index contributed by atoms with van der Waals surface area (Å²) in [7, 11) is 0. The van der Waals surface area contributed by atoms with Crippen LogP contribution in [-0.2, 0) is 11.3 Å². The van der Waals surface area contributed by atoms with Crippen molar-refractivity contribution in [2.75, 3.05) is 6.61 Å². The van der Waals surface area contributed by atoms with Gasteiger partial charge < -0.3 is 14.4 Å². The lowest BCUT2D eigenvalue weighted by Crippen LogP contribution is -2.13. The number of carboxylic acids is 1. The molecule has 14 heavy (non-hydrogen) atoms. The Labute approximate surface area is 83.1 Å². The summed E-state index contributed by atoms with van der Waals surface area (Å²) in [5.41, 5.74) is 0.303. The number of ether oxygens (including phenoxy) is 1. The monoisotopic (exact) mass is 197 g/mol. The molecule has 4 nitrogen and oxygen atoms in total. The van der Waals surface area contributed by atoms with Crippen LogP contribution in [0, 0.1) is 0 Å². The molecule has 4 heteroatoms. The number of nitrogens with zero attached hydrogens (tertiary/aromatic N) is 1. The van der Waals surface area contributed by atoms with Gasteiger partial charge in [0.15, 0.2) is 0 Å². The molecule has 0 bridgehead atoms. The smallest absolute Gasteiger partial charge is 0.352 e. The molecular formula is C10H15NO3. The summed E-state index contributed by atoms with van der Waals surface area (Å²) in [5, 5.41) is 8.80. The van der Waals surface area contributed by atoms with E-state index in [4.69, 9.17) is 9.84 Å². The van der Waals surface area contributed by atoms with E-state index < -0.39 is 5.97 Å². The highest BCUT2D eigenvalue weighted by Gasteiger charge is 2.07. The van der Waals surface area contributed by atoms with Crippen molar-refractivity contribution >= 4 is 5.97 Å². The van der Waals surface area contributed by atoms with Crippen LogP contribution in [0.3, 0.4) is 0 Å². The SMILES string of the molecule is CC(C)OCCn1cccc1C(=O)O. The Balaban J connectivity index is 2.50. The lowest BCUT2D eigenvalue weighted by atomic mass is 10.4. The van der Waals surface area contributed by atoms with E-state index in [0.717, 1.165) is 0 Å². The number of rotatable bonds is 5. The molecule has 1 rings (SSSR count). The van der Waals surface area contributed by atoms with Crippen LogP contribution >= 0.6 is 0 Å². The predicted octanol–water partition coefficient (Wildman–Crippen LogP) is 1.61. The van der Waals surface area contributed by atoms with Gasteiger partial charge in [-0.3, -0.25) is 0 Å². The number of hydrogen-bond acceptors (Lipinski definition) is 2. The minimum absolute atomic E-state index is 0.179. The van der Waals surface area contributed by atoms with Crippen molar-refractivity contribution in [3.63, 3.8) is 0 Å². The van der Waals surface area contributed by atoms with E-state index in [-0.39, 0.29) is 6.10 Å². The topological polar surface area (TPSA) is 51.5 Å². The van der Waals surface area contributed by atoms with Gasteiger partial charge in [0.25, 0.3) is 0 Å². The summed E-state index contributed by atoms with van der Waals surface area (Å²) in [6.07, 6.45) is 1.92. The summed E-state index contributed by atoms with van der Waals surface area (Å²) in [4.78, 5) is 10.7. The Morgan fingerprint density at radius 1 is 1.64 bits per heavy atom. The molecule has 0 aliphatic heterocycles. The standard InChI is InChI=1S/C10H15NO3/c1-8(2)14-7-6-11-5-3-4-9(11)10(12)13/h3-5,8H,6-7H2,1-2H3,(H,12,13). The molecule has 0 unspecified atom stereocenters. The van der Waals surface area contributed by atoms with Gasteiger partial charge in [-0.05, 0) is 26.0 Å². The molecule has 0 aliphatic rings. The highest BCUT2D eigenvalue weighted by molar-refractivity contribution is 5.85. The van der Waals surface area contributed by atoms with Gasteiger partial charge in [0.1, 0.15) is 5.69 Å². The molecule has 0 saturated heterocycles. The zero-order valence-corrected chi connectivity index (χ0v) is 8.43. The Bertz CT molecular complexity index is 304. The average Bonchev–Trinajstić information content (AvgIpc) is 2.51. The second-order valence-corrected chi connectivity index (χ2v) is 3.31. The molecule has 0 aromatic carbocycles. The molecule has 0 fully saturated rings. The van der Waals surface area contributed by atoms with E-state index in [9.17, 15) is 4.79 Å². The van der Waals surface area contributed by atoms with Crippen molar-refractivity contribution < 1.29 is 14.6 Å². The van der Waals surface area contributed by atoms with Crippen molar-refractivity contribution in [2.24, 2.45) is 0 Å². The third-order valence-electron chi connectivity index (χ3n) is 1.83. The number of carboxylic acid groups (broad SMARTS) is 1. The average molecular weight is 197 g/mol. The van der Waals surface area contributed by atoms with Crippen LogP contribution < -0.4 is 0 Å². The quantitative estimate of drug-likeness (QED) is 0.780. The van der Waals surface area contributed by atoms with Crippen molar-refractivity contribution in [1.82, 2.24) is 4.57 Å². The Kier molecular flexibility index (Phi) is 3.71. The van der Waals surface area contributed by atoms with Crippen molar-refractivity contribution in [2.45, 2.75) is 26.5 Å². The second-order valence-electron chi connectivity index (χ2n) is 3.31. The molecule has 1 aromatic heterocycles. The first-order chi connectivity index (χ1) is 6.61. The highest BCUT2D eigenvalue weighted by atomic mass is 16.5. The van der Waals surface area contributed by atoms with Crippen LogP contribution in [0.15, 0.2) is 18.3 Å². The maximum absolute atomic E-state index is 10.7. The first kappa shape index (κ1) is 10.8. The molecule has 1 heterocycles. The Morgan fingerprint density at radius 2 is 2.36 bits per heavy atom. The van der Waals surface area contributed by atoms with E-state index in [2.05, 4.69) is 0 Å². The van der Waals surface area contributed by atoms with Crippen LogP contribution in [0.1, 0.15) is 24.3 Å². The van der Waals surface area contributed by atoms with Gasteiger partial charge in [-0.2, -0.15) is 0 Å². The molecule has 1 aromatic rings. The largest absolute Gasteiger partial charge is 0.477 e. The van der Waals surface area contributed by atoms with Crippen molar-refractivity contribution in [1.29, 1.82) is 0 Å². The minimum Gasteiger partial charge on any atom is -0.477 e. The maximum atomic E-state index is 10.7. The molecule has 0 radical (unpaired) electrons. The van der Waals surface area contributed by atoms with Gasteiger partial charge in [0.2, 0.25) is 0 Å². The number of hydrogen-bond donors (Lipinski definition) is 1. The number of carbonyl (C=O) groups is 1. The van der Waals surface area contributed by atoms with E-state index in [1.165, 1.54) is 0 Å². The fourth-order valence-corrected chi connectivity index (χ4v) is 1.19. The zero-order chi connectivity index (χ0) is 10.6. The number of aromatic nitrogens is 1. The molecule has 0 saturated carbocycles. The first-order valence-electron chi connectivity index (χ1n) is 4.61. The maximum Gasteiger partial charge on any atom is 0.352 e. The summed E-state index contributed by atoms with van der Waals surface area (Å²) < 4.78 is 7.01. The van der Waals surface area contributed by atoms with Crippen LogP contribution in [0.5, 0.6) is 0 Å². The fourth-order valence-electron chi connectivity index (χ4n) is 1.19. The molecule has 0 spiro atoms. The molecule has 0 amide bonds. The molecule has 78 valence electrons. The summed E-state index contributed by atoms with van der Waals surface area (Å²) in [6.45, 7) is 5.01. The van der Waals surface area contributed by atoms with Gasteiger partial charge in [0.05, 0.1) is 12.7 Å². The Hall–Kier alpha value is -1.29. The van der Waals surface area contributed by atoms with Crippen LogP contribution in [0.25, 0.3) is 0 Å². The van der Waals surface area contributed by atoms with E-state index in [0.29, 0.717) is 18.8 Å². The lowest BCUT2D eigenvalue weighted by Gasteiger charge is -2.09. The third kappa shape index (κ3) is 2.88. The third-order valence-corrected chi connectivity index (χ3v) is 1.83. The summed E-state index contributed by atoms with van der Waals surface area (Å²) >= 11 is 0. The second kappa shape index (κ2) is 4.81. The van der Waals surface area contributed by atoms with Crippen molar-refractivity contribution in [3.05, 3.63) is 24.0 Å².